The van der Waals surface area contributed by atoms with Crippen LogP contribution in [0.25, 0.3) is 11.0 Å². The molecular weight excluding hydrogens is 350 g/mol. The Labute approximate surface area is 158 Å². The van der Waals surface area contributed by atoms with Crippen molar-refractivity contribution in [2.24, 2.45) is 20.0 Å². The highest BCUT2D eigenvalue weighted by Gasteiger charge is 2.18. The zero-order valence-electron chi connectivity index (χ0n) is 16.6. The summed E-state index contributed by atoms with van der Waals surface area (Å²) in [6.07, 6.45) is 0.716. The van der Waals surface area contributed by atoms with Crippen molar-refractivity contribution in [2.75, 3.05) is 25.4 Å². The van der Waals surface area contributed by atoms with Gasteiger partial charge in [-0.05, 0) is 19.8 Å². The molecular formula is C18H30N5O2S+. The second-order valence-corrected chi connectivity index (χ2v) is 8.09. The highest BCUT2D eigenvalue weighted by atomic mass is 32.2. The summed E-state index contributed by atoms with van der Waals surface area (Å²) in [6, 6.07) is 0. The van der Waals surface area contributed by atoms with Crippen molar-refractivity contribution in [1.29, 1.82) is 0 Å². The number of fused-ring (bicyclic) bond motifs is 1. The number of quaternary nitrogens is 1. The van der Waals surface area contributed by atoms with E-state index in [2.05, 4.69) is 37.7 Å². The van der Waals surface area contributed by atoms with Gasteiger partial charge in [0.25, 0.3) is 5.56 Å². The predicted octanol–water partition coefficient (Wildman–Crippen LogP) is 0.243. The van der Waals surface area contributed by atoms with Gasteiger partial charge in [-0.25, -0.2) is 14.8 Å². The molecule has 0 unspecified atom stereocenters. The highest BCUT2D eigenvalue weighted by molar-refractivity contribution is 7.99. The van der Waals surface area contributed by atoms with Gasteiger partial charge in [-0.2, -0.15) is 0 Å². The van der Waals surface area contributed by atoms with Crippen LogP contribution in [0.5, 0.6) is 0 Å². The Morgan fingerprint density at radius 1 is 1.08 bits per heavy atom. The van der Waals surface area contributed by atoms with E-state index in [9.17, 15) is 9.59 Å². The zero-order valence-corrected chi connectivity index (χ0v) is 17.4. The van der Waals surface area contributed by atoms with Gasteiger partial charge in [0, 0.05) is 26.3 Å². The van der Waals surface area contributed by atoms with Gasteiger partial charge in [0.1, 0.15) is 16.2 Å². The lowest BCUT2D eigenvalue weighted by atomic mass is 10.1. The second-order valence-electron chi connectivity index (χ2n) is 7.00. The molecule has 2 heterocycles. The van der Waals surface area contributed by atoms with Gasteiger partial charge >= 0.3 is 5.69 Å². The van der Waals surface area contributed by atoms with Crippen LogP contribution in [0, 0.1) is 5.92 Å². The number of hydrogen-bond donors (Lipinski definition) is 1. The van der Waals surface area contributed by atoms with E-state index in [1.807, 2.05) is 0 Å². The van der Waals surface area contributed by atoms with Crippen molar-refractivity contribution in [3.63, 3.8) is 0 Å². The van der Waals surface area contributed by atoms with E-state index < -0.39 is 0 Å². The molecule has 0 radical (unpaired) electrons. The van der Waals surface area contributed by atoms with Crippen LogP contribution in [-0.2, 0) is 20.5 Å². The summed E-state index contributed by atoms with van der Waals surface area (Å²) < 4.78 is 2.58. The molecule has 0 bridgehead atoms. The molecule has 0 saturated heterocycles. The lowest BCUT2D eigenvalue weighted by Crippen LogP contribution is -3.11. The van der Waals surface area contributed by atoms with Crippen LogP contribution in [0.1, 0.15) is 33.5 Å². The largest absolute Gasteiger partial charge is 0.335 e. The summed E-state index contributed by atoms with van der Waals surface area (Å²) in [5, 5.41) is 1.13. The molecule has 0 spiro atoms. The third-order valence-corrected chi connectivity index (χ3v) is 5.58. The Morgan fingerprint density at radius 2 is 1.73 bits per heavy atom. The topological polar surface area (TPSA) is 74.2 Å². The normalized spacial score (nSPS) is 11.8. The molecule has 8 heteroatoms. The van der Waals surface area contributed by atoms with Gasteiger partial charge in [0.05, 0.1) is 19.6 Å². The molecule has 144 valence electrons. The Kier molecular flexibility index (Phi) is 7.00. The summed E-state index contributed by atoms with van der Waals surface area (Å²) in [6.45, 7) is 11.7. The minimum atomic E-state index is -0.361. The quantitative estimate of drug-likeness (QED) is 0.525. The maximum Gasteiger partial charge on any atom is 0.332 e. The predicted molar refractivity (Wildman–Crippen MR) is 106 cm³/mol. The number of aryl methyl sites for hydroxylation is 1. The molecule has 2 aromatic heterocycles. The third kappa shape index (κ3) is 4.35. The second kappa shape index (κ2) is 8.81. The number of aromatic nitrogens is 4. The molecule has 1 N–H and O–H groups in total. The first-order valence-electron chi connectivity index (χ1n) is 9.23. The van der Waals surface area contributed by atoms with Gasteiger partial charge in [-0.15, -0.1) is 0 Å². The molecule has 0 aliphatic carbocycles. The van der Waals surface area contributed by atoms with Crippen LogP contribution in [0.2, 0.25) is 0 Å². The molecule has 0 atom stereocenters. The van der Waals surface area contributed by atoms with Crippen molar-refractivity contribution >= 4 is 22.8 Å². The number of thioether (sulfide) groups is 1. The first-order valence-corrected chi connectivity index (χ1v) is 10.2. The van der Waals surface area contributed by atoms with Crippen molar-refractivity contribution in [3.8, 4) is 0 Å². The first-order chi connectivity index (χ1) is 12.3. The Morgan fingerprint density at radius 3 is 2.31 bits per heavy atom. The average molecular weight is 381 g/mol. The fourth-order valence-electron chi connectivity index (χ4n) is 2.93. The van der Waals surface area contributed by atoms with Gasteiger partial charge in [0.15, 0.2) is 5.65 Å². The Balaban J connectivity index is 2.54. The zero-order chi connectivity index (χ0) is 19.4. The SMILES string of the molecule is CC[NH+](CC)CCSc1nc(CC(C)C)nc2c1c(=O)n(C)c(=O)n2C. The molecule has 0 aromatic carbocycles. The Bertz CT molecular complexity index is 884. The van der Waals surface area contributed by atoms with E-state index in [0.29, 0.717) is 34.2 Å². The van der Waals surface area contributed by atoms with Crippen LogP contribution in [0.15, 0.2) is 14.6 Å². The highest BCUT2D eigenvalue weighted by Crippen LogP contribution is 2.22. The maximum atomic E-state index is 12.7. The lowest BCUT2D eigenvalue weighted by molar-refractivity contribution is -0.893. The first kappa shape index (κ1) is 20.6. The molecule has 0 amide bonds. The molecule has 26 heavy (non-hydrogen) atoms. The average Bonchev–Trinajstić information content (AvgIpc) is 2.60. The van der Waals surface area contributed by atoms with Gasteiger partial charge < -0.3 is 4.90 Å². The van der Waals surface area contributed by atoms with E-state index in [0.717, 1.165) is 30.0 Å². The van der Waals surface area contributed by atoms with Crippen LogP contribution < -0.4 is 16.1 Å². The molecule has 7 nitrogen and oxygen atoms in total. The smallest absolute Gasteiger partial charge is 0.332 e. The summed E-state index contributed by atoms with van der Waals surface area (Å²) in [5.41, 5.74) is -0.251. The van der Waals surface area contributed by atoms with E-state index >= 15 is 0 Å². The number of rotatable bonds is 8. The van der Waals surface area contributed by atoms with Crippen molar-refractivity contribution in [1.82, 2.24) is 19.1 Å². The maximum absolute atomic E-state index is 12.7. The third-order valence-electron chi connectivity index (χ3n) is 4.60. The van der Waals surface area contributed by atoms with E-state index in [1.54, 1.807) is 18.8 Å². The lowest BCUT2D eigenvalue weighted by Gasteiger charge is -2.16. The van der Waals surface area contributed by atoms with E-state index in [4.69, 9.17) is 0 Å². The summed E-state index contributed by atoms with van der Waals surface area (Å²) in [4.78, 5) is 35.7. The minimum absolute atomic E-state index is 0.322. The monoisotopic (exact) mass is 380 g/mol. The van der Waals surface area contributed by atoms with Crippen LogP contribution >= 0.6 is 11.8 Å². The summed E-state index contributed by atoms with van der Waals surface area (Å²) >= 11 is 1.59. The Hall–Kier alpha value is -1.67. The van der Waals surface area contributed by atoms with Crippen LogP contribution in [0.3, 0.4) is 0 Å². The molecule has 0 aliphatic heterocycles. The molecule has 0 fully saturated rings. The van der Waals surface area contributed by atoms with Gasteiger partial charge in [-0.1, -0.05) is 25.6 Å². The number of nitrogens with zero attached hydrogens (tertiary/aromatic N) is 4. The van der Waals surface area contributed by atoms with E-state index in [-0.39, 0.29) is 11.2 Å². The molecule has 0 aliphatic rings. The molecule has 0 saturated carbocycles. The fraction of sp³-hybridized carbons (Fsp3) is 0.667. The van der Waals surface area contributed by atoms with Crippen molar-refractivity contribution < 1.29 is 4.90 Å². The standard InChI is InChI=1S/C18H29N5O2S/c1-7-23(8-2)9-10-26-16-14-15(19-13(20-16)11-12(3)4)21(5)18(25)22(6)17(14)24/h12H,7-11H2,1-6H3/p+1. The molecule has 2 rings (SSSR count). The van der Waals surface area contributed by atoms with Crippen molar-refractivity contribution in [3.05, 3.63) is 26.7 Å². The summed E-state index contributed by atoms with van der Waals surface area (Å²) in [5.74, 6) is 1.96. The van der Waals surface area contributed by atoms with Crippen LogP contribution in [0.4, 0.5) is 0 Å². The van der Waals surface area contributed by atoms with Gasteiger partial charge in [0.2, 0.25) is 0 Å². The summed E-state index contributed by atoms with van der Waals surface area (Å²) in [7, 11) is 3.16. The van der Waals surface area contributed by atoms with Gasteiger partial charge in [-0.3, -0.25) is 13.9 Å². The van der Waals surface area contributed by atoms with E-state index in [1.165, 1.54) is 16.5 Å². The minimum Gasteiger partial charge on any atom is -0.335 e. The van der Waals surface area contributed by atoms with Crippen LogP contribution in [-0.4, -0.2) is 44.5 Å². The number of nitrogens with one attached hydrogen (secondary N) is 1. The molecule has 2 aromatic rings. The fourth-order valence-corrected chi connectivity index (χ4v) is 4.01. The van der Waals surface area contributed by atoms with Crippen molar-refractivity contribution in [2.45, 2.75) is 39.1 Å². The number of hydrogen-bond acceptors (Lipinski definition) is 5.